The third-order valence-electron chi connectivity index (χ3n) is 19.6. The number of hydrogen-bond donors (Lipinski definition) is 4. The molecule has 5 bridgehead atoms. The number of cyclic esters (lactones) is 1. The lowest BCUT2D eigenvalue weighted by atomic mass is 9.41. The van der Waals surface area contributed by atoms with Gasteiger partial charge in [-0.05, 0) is 98.7 Å². The van der Waals surface area contributed by atoms with Crippen LogP contribution in [0, 0.1) is 46.3 Å². The second kappa shape index (κ2) is 12.4. The van der Waals surface area contributed by atoms with E-state index in [0.717, 1.165) is 43.2 Å². The smallest absolute Gasteiger partial charge is 0.362 e. The van der Waals surface area contributed by atoms with Crippen molar-refractivity contribution in [1.82, 2.24) is 0 Å². The summed E-state index contributed by atoms with van der Waals surface area (Å²) in [7, 11) is 2.11. The number of aliphatic hydroxyl groups excluding tert-OH is 2. The number of fused-ring (bicyclic) bond motifs is 7. The van der Waals surface area contributed by atoms with E-state index in [-0.39, 0.29) is 107 Å². The first-order valence-corrected chi connectivity index (χ1v) is 21.8. The van der Waals surface area contributed by atoms with Gasteiger partial charge in [-0.25, -0.2) is 9.59 Å². The number of anilines is 1. The Labute approximate surface area is 345 Å². The predicted octanol–water partition coefficient (Wildman–Crippen LogP) is 0.536. The first-order chi connectivity index (χ1) is 26.7. The summed E-state index contributed by atoms with van der Waals surface area (Å²) in [6.07, 6.45) is 7.72. The summed E-state index contributed by atoms with van der Waals surface area (Å²) in [5.74, 6) is -0.852. The zero-order chi connectivity index (χ0) is 38.9. The molecule has 1 aromatic carbocycles. The first-order valence-electron chi connectivity index (χ1n) is 21.8. The van der Waals surface area contributed by atoms with Crippen LogP contribution in [0.25, 0.3) is 0 Å². The number of rotatable bonds is 6. The first kappa shape index (κ1) is 38.8. The summed E-state index contributed by atoms with van der Waals surface area (Å²) in [6, 6.07) is 8.28. The molecule has 1 spiro atoms. The zero-order valence-corrected chi connectivity index (χ0v) is 35.0. The molecule has 1 aromatic rings. The number of carbonyl (C=O) groups is 3. The van der Waals surface area contributed by atoms with Crippen LogP contribution in [0.2, 0.25) is 0 Å². The Bertz CT molecular complexity index is 1950. The van der Waals surface area contributed by atoms with Crippen LogP contribution in [0.15, 0.2) is 35.9 Å². The van der Waals surface area contributed by atoms with Crippen LogP contribution in [-0.2, 0) is 29.3 Å². The summed E-state index contributed by atoms with van der Waals surface area (Å²) < 4.78 is 11.9. The number of esters is 2. The maximum absolute atomic E-state index is 14.5. The number of para-hydroxylation sites is 1. The lowest BCUT2D eigenvalue weighted by molar-refractivity contribution is -1.03. The van der Waals surface area contributed by atoms with E-state index in [1.54, 1.807) is 6.08 Å². The summed E-state index contributed by atoms with van der Waals surface area (Å²) in [5.41, 5.74) is -1.04. The van der Waals surface area contributed by atoms with Crippen molar-refractivity contribution < 1.29 is 65.7 Å². The van der Waals surface area contributed by atoms with Gasteiger partial charge in [0, 0.05) is 55.3 Å². The lowest BCUT2D eigenvalue weighted by Crippen LogP contribution is -3.00. The molecule has 5 saturated carbocycles. The largest absolute Gasteiger partial charge is 1.00 e. The monoisotopic (exact) mass is 850 g/mol. The van der Waals surface area contributed by atoms with Gasteiger partial charge in [-0.2, -0.15) is 0 Å². The van der Waals surface area contributed by atoms with Crippen molar-refractivity contribution in [3.05, 3.63) is 41.5 Å². The summed E-state index contributed by atoms with van der Waals surface area (Å²) in [5, 5.41) is 50.1. The van der Waals surface area contributed by atoms with Gasteiger partial charge in [-0.15, -0.1) is 0 Å². The number of carbonyl (C=O) groups excluding carboxylic acids is 3. The molecular weight excluding hydrogens is 792 g/mol. The van der Waals surface area contributed by atoms with E-state index in [9.17, 15) is 34.8 Å². The Morgan fingerprint density at radius 3 is 2.54 bits per heavy atom. The molecular formula is C45H59BrN2O9. The molecule has 6 unspecified atom stereocenters. The fourth-order valence-electron chi connectivity index (χ4n) is 17.6. The number of nitrogens with zero attached hydrogens (tertiary/aromatic N) is 2. The van der Waals surface area contributed by atoms with Crippen LogP contribution in [0.4, 0.5) is 5.69 Å². The molecule has 57 heavy (non-hydrogen) atoms. The SMILES string of the molecule is CC[C@H]1C2CC3[C@@H]4N(C)c5ccccc5[C@]45CC(C2C5O)[N+]3(CC(=O)O[C@H]2CC[C@]3(C=O)[C@H]4CC[C@]5(C)[C@@H](C6=CC(=O)OC6)CC[C@]5(O)[C@@H]4CC[C@]3(O)C2)[C@@H]1O.[Br-]. The summed E-state index contributed by atoms with van der Waals surface area (Å²) >= 11 is 0. The molecule has 0 radical (unpaired) electrons. The number of piperidine rings is 4. The minimum Gasteiger partial charge on any atom is -1.00 e. The summed E-state index contributed by atoms with van der Waals surface area (Å²) in [4.78, 5) is 42.3. The molecule has 5 aliphatic carbocycles. The van der Waals surface area contributed by atoms with Gasteiger partial charge in [0.05, 0.1) is 40.2 Å². The number of hydrogen-bond acceptors (Lipinski definition) is 10. The Morgan fingerprint density at radius 2 is 1.81 bits per heavy atom. The van der Waals surface area contributed by atoms with Crippen molar-refractivity contribution in [3.63, 3.8) is 0 Å². The van der Waals surface area contributed by atoms with Crippen molar-refractivity contribution in [3.8, 4) is 0 Å². The van der Waals surface area contributed by atoms with Gasteiger partial charge < -0.3 is 56.6 Å². The van der Waals surface area contributed by atoms with Gasteiger partial charge in [0.15, 0.2) is 12.8 Å². The molecule has 18 atom stereocenters. The van der Waals surface area contributed by atoms with Crippen LogP contribution in [0.1, 0.15) is 96.5 Å². The second-order valence-corrected chi connectivity index (χ2v) is 20.6. The Morgan fingerprint density at radius 1 is 1.04 bits per heavy atom. The number of ether oxygens (including phenoxy) is 2. The van der Waals surface area contributed by atoms with Crippen LogP contribution in [0.3, 0.4) is 0 Å². The molecule has 11 aliphatic rings. The third kappa shape index (κ3) is 4.34. The van der Waals surface area contributed by atoms with E-state index >= 15 is 0 Å². The minimum absolute atomic E-state index is 0. The van der Waals surface area contributed by atoms with E-state index < -0.39 is 45.9 Å². The van der Waals surface area contributed by atoms with Gasteiger partial charge >= 0.3 is 11.9 Å². The quantitative estimate of drug-likeness (QED) is 0.181. The van der Waals surface area contributed by atoms with E-state index in [0.29, 0.717) is 44.9 Å². The van der Waals surface area contributed by atoms with E-state index in [1.807, 2.05) is 6.07 Å². The Kier molecular flexibility index (Phi) is 8.43. The van der Waals surface area contributed by atoms with Crippen LogP contribution < -0.4 is 21.9 Å². The van der Waals surface area contributed by atoms with Crippen LogP contribution >= 0.6 is 0 Å². The van der Waals surface area contributed by atoms with Gasteiger partial charge in [0.25, 0.3) is 0 Å². The highest BCUT2D eigenvalue weighted by atomic mass is 79.9. The van der Waals surface area contributed by atoms with Crippen molar-refractivity contribution in [1.29, 1.82) is 0 Å². The van der Waals surface area contributed by atoms with Gasteiger partial charge in [0.1, 0.15) is 25.0 Å². The molecule has 12 rings (SSSR count). The average molecular weight is 852 g/mol. The van der Waals surface area contributed by atoms with Gasteiger partial charge in [-0.1, -0.05) is 32.0 Å². The standard InChI is InChI=1S/C45H59N2O9.BrH/c1-4-26-27-18-33-38-44(31-7-5-6-8-32(31)46(38)3)20-34(37(27)39(44)51)47(33,40(26)52)21-36(50)56-25-9-14-42(23-48)29-10-13-41(2)28(24-17-35(49)55-22-24)12-16-45(41,54)30(29)11-15-43(42,53)19-25;/h5-8,17,23,25-30,33-34,37-40,51-54H,4,9-16,18-22H2,1-3H3;1H/q+1;/p-1/t25-,26-,27?,28+,29-,30+,33?,34?,37?,38-,39?,40+,41+,42-,43-,44+,45-,47?;/m0./s1. The molecule has 310 valence electrons. The third-order valence-corrected chi connectivity index (χ3v) is 19.6. The number of benzene rings is 1. The number of quaternary nitrogens is 1. The van der Waals surface area contributed by atoms with Gasteiger partial charge in [-0.3, -0.25) is 4.48 Å². The second-order valence-electron chi connectivity index (χ2n) is 20.6. The van der Waals surface area contributed by atoms with Crippen molar-refractivity contribution in [2.24, 2.45) is 46.3 Å². The predicted molar refractivity (Wildman–Crippen MR) is 202 cm³/mol. The number of aliphatic hydroxyl groups is 4. The topological polar surface area (TPSA) is 154 Å². The zero-order valence-electron chi connectivity index (χ0n) is 33.4. The maximum Gasteiger partial charge on any atom is 0.362 e. The fraction of sp³-hybridized carbons (Fsp3) is 0.756. The molecule has 0 amide bonds. The minimum atomic E-state index is -1.37. The van der Waals surface area contributed by atoms with Crippen molar-refractivity contribution in [2.45, 2.75) is 144 Å². The number of aldehydes is 1. The van der Waals surface area contributed by atoms with E-state index in [2.05, 4.69) is 44.0 Å². The molecule has 4 N–H and O–H groups in total. The highest BCUT2D eigenvalue weighted by Gasteiger charge is 2.83. The number of halogens is 1. The van der Waals surface area contributed by atoms with E-state index in [1.165, 1.54) is 5.56 Å². The molecule has 9 fully saturated rings. The molecule has 0 aromatic heterocycles. The Balaban J connectivity index is 0.00000396. The van der Waals surface area contributed by atoms with E-state index in [4.69, 9.17) is 9.47 Å². The molecule has 6 heterocycles. The molecule has 6 aliphatic heterocycles. The van der Waals surface area contributed by atoms with Gasteiger partial charge in [0.2, 0.25) is 0 Å². The van der Waals surface area contributed by atoms with Crippen LogP contribution in [0.5, 0.6) is 0 Å². The molecule has 11 nitrogen and oxygen atoms in total. The number of likely N-dealkylation sites (N-methyl/N-ethyl adjacent to an activating group) is 1. The average Bonchev–Trinajstić information content (AvgIpc) is 3.86. The fourth-order valence-corrected chi connectivity index (χ4v) is 17.6. The highest BCUT2D eigenvalue weighted by Crippen LogP contribution is 2.73. The maximum atomic E-state index is 14.5. The van der Waals surface area contributed by atoms with Crippen molar-refractivity contribution >= 4 is 23.9 Å². The molecule has 4 saturated heterocycles. The lowest BCUT2D eigenvalue weighted by Gasteiger charge is -2.67. The Hall–Kier alpha value is -2.35. The summed E-state index contributed by atoms with van der Waals surface area (Å²) in [6.45, 7) is 4.56. The highest BCUT2D eigenvalue weighted by molar-refractivity contribution is 5.85. The molecule has 12 heteroatoms. The van der Waals surface area contributed by atoms with Crippen molar-refractivity contribution in [2.75, 3.05) is 25.1 Å². The van der Waals surface area contributed by atoms with Crippen LogP contribution in [-0.4, -0.2) is 111 Å². The normalized spacial score (nSPS) is 53.1.